The number of piperidine rings is 1. The number of aryl methyl sites for hydroxylation is 2. The third-order valence-corrected chi connectivity index (χ3v) is 4.65. The van der Waals surface area contributed by atoms with Crippen LogP contribution in [0.3, 0.4) is 0 Å². The molecule has 0 spiro atoms. The third kappa shape index (κ3) is 2.38. The van der Waals surface area contributed by atoms with E-state index in [1.807, 2.05) is 0 Å². The highest BCUT2D eigenvalue weighted by atomic mass is 15.2. The Kier molecular flexibility index (Phi) is 3.62. The molecule has 1 fully saturated rings. The number of nitriles is 1. The van der Waals surface area contributed by atoms with Gasteiger partial charge in [-0.15, -0.1) is 0 Å². The Hall–Kier alpha value is -1.60. The van der Waals surface area contributed by atoms with Crippen molar-refractivity contribution in [3.63, 3.8) is 0 Å². The molecule has 20 heavy (non-hydrogen) atoms. The van der Waals surface area contributed by atoms with E-state index in [0.717, 1.165) is 50.2 Å². The van der Waals surface area contributed by atoms with Gasteiger partial charge in [0.15, 0.2) is 0 Å². The molecule has 1 saturated heterocycles. The zero-order valence-corrected chi connectivity index (χ0v) is 12.4. The highest BCUT2D eigenvalue weighted by Gasteiger charge is 2.25. The average Bonchev–Trinajstić information content (AvgIpc) is 2.93. The number of fused-ring (bicyclic) bond motifs is 1. The number of anilines is 1. The molecule has 1 aliphatic carbocycles. The second-order valence-electron chi connectivity index (χ2n) is 6.11. The van der Waals surface area contributed by atoms with Crippen LogP contribution in [0.5, 0.6) is 0 Å². The second-order valence-corrected chi connectivity index (χ2v) is 6.11. The van der Waals surface area contributed by atoms with Gasteiger partial charge >= 0.3 is 0 Å². The first-order valence-corrected chi connectivity index (χ1v) is 7.53. The minimum Gasteiger partial charge on any atom is -0.355 e. The van der Waals surface area contributed by atoms with Crippen LogP contribution >= 0.6 is 0 Å². The van der Waals surface area contributed by atoms with E-state index in [1.165, 1.54) is 17.7 Å². The van der Waals surface area contributed by atoms with Gasteiger partial charge in [-0.3, -0.25) is 0 Å². The van der Waals surface area contributed by atoms with Crippen LogP contribution in [0, 0.1) is 11.3 Å². The molecule has 0 saturated carbocycles. The van der Waals surface area contributed by atoms with Crippen LogP contribution in [-0.2, 0) is 12.8 Å². The number of nitrogens with zero attached hydrogens (tertiary/aromatic N) is 4. The van der Waals surface area contributed by atoms with E-state index >= 15 is 0 Å². The summed E-state index contributed by atoms with van der Waals surface area (Å²) in [6.07, 6.45) is 5.63. The Labute approximate surface area is 121 Å². The summed E-state index contributed by atoms with van der Waals surface area (Å²) >= 11 is 0. The van der Waals surface area contributed by atoms with Crippen LogP contribution in [0.2, 0.25) is 0 Å². The molecule has 0 bridgehead atoms. The normalized spacial score (nSPS) is 19.2. The van der Waals surface area contributed by atoms with E-state index in [4.69, 9.17) is 4.98 Å². The van der Waals surface area contributed by atoms with Crippen LogP contribution in [0.1, 0.15) is 36.1 Å². The largest absolute Gasteiger partial charge is 0.355 e. The summed E-state index contributed by atoms with van der Waals surface area (Å²) in [5, 5.41) is 9.40. The second kappa shape index (κ2) is 5.41. The maximum absolute atomic E-state index is 9.40. The van der Waals surface area contributed by atoms with Gasteiger partial charge in [0.25, 0.3) is 0 Å². The molecule has 0 radical (unpaired) electrons. The van der Waals surface area contributed by atoms with Crippen LogP contribution in [0.25, 0.3) is 0 Å². The molecule has 106 valence electrons. The van der Waals surface area contributed by atoms with Gasteiger partial charge < -0.3 is 9.80 Å². The molecular formula is C16H22N4. The van der Waals surface area contributed by atoms with Crippen molar-refractivity contribution >= 4 is 5.82 Å². The Morgan fingerprint density at radius 1 is 1.30 bits per heavy atom. The van der Waals surface area contributed by atoms with E-state index in [2.05, 4.69) is 36.0 Å². The molecule has 2 heterocycles. The summed E-state index contributed by atoms with van der Waals surface area (Å²) < 4.78 is 0. The molecule has 0 aromatic carbocycles. The van der Waals surface area contributed by atoms with E-state index in [-0.39, 0.29) is 0 Å². The van der Waals surface area contributed by atoms with E-state index in [0.29, 0.717) is 6.04 Å². The number of aromatic nitrogens is 1. The van der Waals surface area contributed by atoms with Crippen molar-refractivity contribution in [2.24, 2.45) is 0 Å². The molecular weight excluding hydrogens is 248 g/mol. The van der Waals surface area contributed by atoms with Gasteiger partial charge in [-0.1, -0.05) is 0 Å². The molecule has 3 rings (SSSR count). The monoisotopic (exact) mass is 270 g/mol. The Bertz CT molecular complexity index is 536. The van der Waals surface area contributed by atoms with Crippen LogP contribution < -0.4 is 4.90 Å². The molecule has 0 amide bonds. The Balaban J connectivity index is 1.83. The summed E-state index contributed by atoms with van der Waals surface area (Å²) in [5.74, 6) is 0.922. The molecule has 0 atom stereocenters. The standard InChI is InChI=1S/C16H22N4/c1-19(2)14-6-8-20(9-7-14)16-13(11-17)10-12-4-3-5-15(12)18-16/h10,14H,3-9H2,1-2H3. The van der Waals surface area contributed by atoms with Crippen LogP contribution in [0.4, 0.5) is 5.82 Å². The fraction of sp³-hybridized carbons (Fsp3) is 0.625. The molecule has 4 nitrogen and oxygen atoms in total. The fourth-order valence-electron chi connectivity index (χ4n) is 3.38. The van der Waals surface area contributed by atoms with Crippen molar-refractivity contribution in [2.75, 3.05) is 32.1 Å². The van der Waals surface area contributed by atoms with Crippen molar-refractivity contribution in [3.05, 3.63) is 22.9 Å². The maximum atomic E-state index is 9.40. The van der Waals surface area contributed by atoms with Gasteiger partial charge in [-0.25, -0.2) is 4.98 Å². The minimum absolute atomic E-state index is 0.659. The van der Waals surface area contributed by atoms with Crippen LogP contribution in [-0.4, -0.2) is 43.1 Å². The maximum Gasteiger partial charge on any atom is 0.146 e. The predicted octanol–water partition coefficient (Wildman–Crippen LogP) is 1.97. The number of pyridine rings is 1. The minimum atomic E-state index is 0.659. The predicted molar refractivity (Wildman–Crippen MR) is 79.9 cm³/mol. The van der Waals surface area contributed by atoms with Crippen molar-refractivity contribution in [2.45, 2.75) is 38.1 Å². The highest BCUT2D eigenvalue weighted by molar-refractivity contribution is 5.57. The topological polar surface area (TPSA) is 43.2 Å². The number of hydrogen-bond donors (Lipinski definition) is 0. The van der Waals surface area contributed by atoms with Gasteiger partial charge in [-0.05, 0) is 57.8 Å². The third-order valence-electron chi connectivity index (χ3n) is 4.65. The summed E-state index contributed by atoms with van der Waals surface area (Å²) in [6, 6.07) is 5.07. The van der Waals surface area contributed by atoms with Gasteiger partial charge in [0.05, 0.1) is 5.56 Å². The summed E-state index contributed by atoms with van der Waals surface area (Å²) in [6.45, 7) is 2.01. The van der Waals surface area contributed by atoms with E-state index < -0.39 is 0 Å². The average molecular weight is 270 g/mol. The van der Waals surface area contributed by atoms with Crippen molar-refractivity contribution < 1.29 is 0 Å². The Morgan fingerprint density at radius 3 is 2.70 bits per heavy atom. The van der Waals surface area contributed by atoms with E-state index in [9.17, 15) is 5.26 Å². The van der Waals surface area contributed by atoms with E-state index in [1.54, 1.807) is 0 Å². The van der Waals surface area contributed by atoms with Gasteiger partial charge in [0, 0.05) is 24.8 Å². The molecule has 1 aromatic rings. The summed E-state index contributed by atoms with van der Waals surface area (Å²) in [5.41, 5.74) is 3.26. The number of hydrogen-bond acceptors (Lipinski definition) is 4. The molecule has 4 heteroatoms. The van der Waals surface area contributed by atoms with Crippen molar-refractivity contribution in [3.8, 4) is 6.07 Å². The lowest BCUT2D eigenvalue weighted by Gasteiger charge is -2.36. The number of rotatable bonds is 2. The van der Waals surface area contributed by atoms with Crippen LogP contribution in [0.15, 0.2) is 6.07 Å². The fourth-order valence-corrected chi connectivity index (χ4v) is 3.38. The summed E-state index contributed by atoms with van der Waals surface area (Å²) in [7, 11) is 4.30. The Morgan fingerprint density at radius 2 is 2.05 bits per heavy atom. The lowest BCUT2D eigenvalue weighted by molar-refractivity contribution is 0.249. The first-order valence-electron chi connectivity index (χ1n) is 7.53. The first kappa shape index (κ1) is 13.4. The lowest BCUT2D eigenvalue weighted by atomic mass is 10.0. The SMILES string of the molecule is CN(C)C1CCN(c2nc3c(cc2C#N)CCC3)CC1. The van der Waals surface area contributed by atoms with Gasteiger partial charge in [-0.2, -0.15) is 5.26 Å². The van der Waals surface area contributed by atoms with Gasteiger partial charge in [0.1, 0.15) is 11.9 Å². The molecule has 1 aliphatic heterocycles. The van der Waals surface area contributed by atoms with Crippen molar-refractivity contribution in [1.29, 1.82) is 5.26 Å². The lowest BCUT2D eigenvalue weighted by Crippen LogP contribution is -2.42. The highest BCUT2D eigenvalue weighted by Crippen LogP contribution is 2.29. The molecule has 0 N–H and O–H groups in total. The first-order chi connectivity index (χ1) is 9.69. The summed E-state index contributed by atoms with van der Waals surface area (Å²) in [4.78, 5) is 9.41. The molecule has 0 unspecified atom stereocenters. The smallest absolute Gasteiger partial charge is 0.146 e. The molecule has 2 aliphatic rings. The van der Waals surface area contributed by atoms with Crippen molar-refractivity contribution in [1.82, 2.24) is 9.88 Å². The zero-order valence-electron chi connectivity index (χ0n) is 12.4. The van der Waals surface area contributed by atoms with Gasteiger partial charge in [0.2, 0.25) is 0 Å². The molecule has 1 aromatic heterocycles. The quantitative estimate of drug-likeness (QED) is 0.824. The zero-order chi connectivity index (χ0) is 14.1.